The highest BCUT2D eigenvalue weighted by Gasteiger charge is 2.30. The highest BCUT2D eigenvalue weighted by molar-refractivity contribution is 5.74. The number of methoxy groups -OCH3 is 4. The highest BCUT2D eigenvalue weighted by Crippen LogP contribution is 2.49. The third kappa shape index (κ3) is 10.3. The molecule has 302 valence electrons. The van der Waals surface area contributed by atoms with Crippen LogP contribution >= 0.6 is 0 Å². The Morgan fingerprint density at radius 1 is 0.789 bits per heavy atom. The van der Waals surface area contributed by atoms with Gasteiger partial charge in [0.25, 0.3) is 0 Å². The molecule has 2 aliphatic rings. The van der Waals surface area contributed by atoms with Crippen molar-refractivity contribution in [3.05, 3.63) is 138 Å². The van der Waals surface area contributed by atoms with Crippen molar-refractivity contribution in [2.45, 2.75) is 65.0 Å². The molecule has 0 bridgehead atoms. The molecule has 0 atom stereocenters. The van der Waals surface area contributed by atoms with Gasteiger partial charge < -0.3 is 23.8 Å². The van der Waals surface area contributed by atoms with Crippen LogP contribution in [0, 0.1) is 11.6 Å². The maximum Gasteiger partial charge on any atom is 0.167 e. The number of rotatable bonds is 16. The first-order valence-corrected chi connectivity index (χ1v) is 19.9. The number of hydrogen-bond acceptors (Lipinski definition) is 6. The lowest BCUT2D eigenvalue weighted by atomic mass is 9.97. The van der Waals surface area contributed by atoms with E-state index in [0.29, 0.717) is 29.6 Å². The van der Waals surface area contributed by atoms with Gasteiger partial charge in [-0.3, -0.25) is 4.90 Å². The number of ether oxygens (including phenoxy) is 4. The minimum atomic E-state index is -0.860. The summed E-state index contributed by atoms with van der Waals surface area (Å²) in [6.07, 6.45) is 11.7. The largest absolute Gasteiger partial charge is 0.493 e. The average molecular weight is 777 g/mol. The molecule has 0 unspecified atom stereocenters. The molecule has 8 heteroatoms. The van der Waals surface area contributed by atoms with Gasteiger partial charge in [-0.25, -0.2) is 8.78 Å². The zero-order valence-electron chi connectivity index (χ0n) is 34.7. The number of anilines is 1. The summed E-state index contributed by atoms with van der Waals surface area (Å²) >= 11 is 0. The number of benzene rings is 4. The van der Waals surface area contributed by atoms with E-state index < -0.39 is 11.6 Å². The molecule has 4 aromatic carbocycles. The molecule has 6 rings (SSSR count). The average Bonchev–Trinajstić information content (AvgIpc) is 4.10. The molecule has 0 amide bonds. The van der Waals surface area contributed by atoms with Crippen molar-refractivity contribution in [2.75, 3.05) is 53.0 Å². The van der Waals surface area contributed by atoms with E-state index in [-0.39, 0.29) is 6.04 Å². The van der Waals surface area contributed by atoms with Crippen LogP contribution in [0.5, 0.6) is 23.0 Å². The van der Waals surface area contributed by atoms with E-state index in [2.05, 4.69) is 65.4 Å². The monoisotopic (exact) mass is 776 g/mol. The smallest absolute Gasteiger partial charge is 0.167 e. The van der Waals surface area contributed by atoms with Gasteiger partial charge in [0.15, 0.2) is 34.6 Å². The van der Waals surface area contributed by atoms with Crippen LogP contribution in [0.25, 0.3) is 22.8 Å². The molecular weight excluding hydrogens is 719 g/mol. The van der Waals surface area contributed by atoms with Crippen LogP contribution in [-0.4, -0.2) is 59.0 Å². The lowest BCUT2D eigenvalue weighted by molar-refractivity contribution is 0.202. The van der Waals surface area contributed by atoms with Gasteiger partial charge in [-0.15, -0.1) is 0 Å². The molecule has 1 saturated heterocycles. The zero-order valence-corrected chi connectivity index (χ0v) is 34.7. The van der Waals surface area contributed by atoms with Crippen LogP contribution in [0.3, 0.4) is 0 Å². The predicted molar refractivity (Wildman–Crippen MR) is 232 cm³/mol. The van der Waals surface area contributed by atoms with Crippen LogP contribution < -0.4 is 23.8 Å². The van der Waals surface area contributed by atoms with Crippen molar-refractivity contribution < 1.29 is 27.7 Å². The van der Waals surface area contributed by atoms with E-state index in [0.717, 1.165) is 77.4 Å². The molecular formula is C49H58F2N2O4. The molecule has 4 aromatic rings. The van der Waals surface area contributed by atoms with Crippen molar-refractivity contribution in [1.82, 2.24) is 4.90 Å². The Morgan fingerprint density at radius 2 is 1.49 bits per heavy atom. The van der Waals surface area contributed by atoms with Gasteiger partial charge in [-0.2, -0.15) is 0 Å². The van der Waals surface area contributed by atoms with Crippen LogP contribution in [0.15, 0.2) is 104 Å². The minimum Gasteiger partial charge on any atom is -0.493 e. The molecule has 1 aliphatic heterocycles. The van der Waals surface area contributed by atoms with E-state index in [9.17, 15) is 8.78 Å². The lowest BCUT2D eigenvalue weighted by Crippen LogP contribution is -2.45. The van der Waals surface area contributed by atoms with Gasteiger partial charge in [-0.05, 0) is 114 Å². The van der Waals surface area contributed by atoms with Gasteiger partial charge in [0.1, 0.15) is 0 Å². The first-order valence-electron chi connectivity index (χ1n) is 19.9. The Balaban J connectivity index is 0.00000305. The second-order valence-corrected chi connectivity index (χ2v) is 14.3. The summed E-state index contributed by atoms with van der Waals surface area (Å²) in [5.74, 6) is 1.64. The first-order chi connectivity index (χ1) is 27.7. The van der Waals surface area contributed by atoms with Crippen molar-refractivity contribution in [1.29, 1.82) is 0 Å². The van der Waals surface area contributed by atoms with Crippen LogP contribution in [0.1, 0.15) is 74.6 Å². The zero-order chi connectivity index (χ0) is 41.1. The Labute approximate surface area is 338 Å². The van der Waals surface area contributed by atoms with Crippen molar-refractivity contribution in [3.8, 4) is 34.1 Å². The van der Waals surface area contributed by atoms with Gasteiger partial charge in [0, 0.05) is 55.1 Å². The van der Waals surface area contributed by atoms with Crippen molar-refractivity contribution in [2.24, 2.45) is 0 Å². The predicted octanol–water partition coefficient (Wildman–Crippen LogP) is 11.9. The lowest BCUT2D eigenvalue weighted by Gasteiger charge is -2.40. The molecule has 0 aromatic heterocycles. The number of likely N-dealkylation sites (tertiary alicyclic amines) is 1. The molecule has 1 saturated carbocycles. The van der Waals surface area contributed by atoms with E-state index in [4.69, 9.17) is 18.9 Å². The maximum atomic E-state index is 14.7. The van der Waals surface area contributed by atoms with Gasteiger partial charge in [0.2, 0.25) is 0 Å². The van der Waals surface area contributed by atoms with Crippen LogP contribution in [-0.2, 0) is 6.54 Å². The van der Waals surface area contributed by atoms with Gasteiger partial charge >= 0.3 is 0 Å². The fourth-order valence-electron chi connectivity index (χ4n) is 7.68. The Hall–Kier alpha value is -5.34. The second kappa shape index (κ2) is 20.2. The molecule has 0 N–H and O–H groups in total. The minimum absolute atomic E-state index is 0.107. The Bertz CT molecular complexity index is 2080. The first kappa shape index (κ1) is 42.8. The number of piperidine rings is 1. The molecule has 0 radical (unpaired) electrons. The Kier molecular flexibility index (Phi) is 15.2. The van der Waals surface area contributed by atoms with Gasteiger partial charge in [-0.1, -0.05) is 69.5 Å². The number of halogens is 2. The van der Waals surface area contributed by atoms with E-state index in [1.165, 1.54) is 36.1 Å². The fourth-order valence-corrected chi connectivity index (χ4v) is 7.68. The molecule has 6 nitrogen and oxygen atoms in total. The highest BCUT2D eigenvalue weighted by atomic mass is 19.2. The summed E-state index contributed by atoms with van der Waals surface area (Å²) < 4.78 is 51.6. The molecule has 2 fully saturated rings. The third-order valence-electron chi connectivity index (χ3n) is 10.7. The summed E-state index contributed by atoms with van der Waals surface area (Å²) in [6, 6.07) is 21.3. The van der Waals surface area contributed by atoms with E-state index >= 15 is 0 Å². The van der Waals surface area contributed by atoms with Crippen LogP contribution in [0.4, 0.5) is 14.5 Å². The quantitative estimate of drug-likeness (QED) is 0.106. The molecule has 1 aliphatic carbocycles. The van der Waals surface area contributed by atoms with E-state index in [1.807, 2.05) is 39.0 Å². The normalized spacial score (nSPS) is 15.0. The van der Waals surface area contributed by atoms with E-state index in [1.54, 1.807) is 46.7 Å². The summed E-state index contributed by atoms with van der Waals surface area (Å²) in [5.41, 5.74) is 9.13. The summed E-state index contributed by atoms with van der Waals surface area (Å²) in [6.45, 7) is 17.0. The summed E-state index contributed by atoms with van der Waals surface area (Å²) in [5, 5.41) is 0. The number of hydrogen-bond donors (Lipinski definition) is 0. The summed E-state index contributed by atoms with van der Waals surface area (Å²) in [7, 11) is 6.63. The van der Waals surface area contributed by atoms with Crippen LogP contribution in [0.2, 0.25) is 0 Å². The summed E-state index contributed by atoms with van der Waals surface area (Å²) in [4.78, 5) is 4.68. The second-order valence-electron chi connectivity index (χ2n) is 14.3. The SMILES string of the molecule is C=C/C=C(\C=C(/C)c1cc(C=C)c(OC)c(OC)c1)CN(c1ccc(F)c(F)c1)C1CCN(Cc2cccc(-c3cc(OC)c(OC)c(C4CC4)c3)c2)CC1.CC. The topological polar surface area (TPSA) is 43.4 Å². The standard InChI is InChI=1S/C47H52F2N2O4.C2H6/c1-8-11-32(22-31(3)37-24-34(9-2)46(54-6)44(26-37)52-4)30-51(40-16-17-42(48)43(49)28-40)39-18-20-50(21-19-39)29-33-12-10-13-36(23-33)38-25-41(35-14-15-35)47(55-7)45(27-38)53-5;1-2/h8-13,16-17,22-28,35,39H,1-2,14-15,18-21,29-30H2,3-7H3;1-2H3/b31-22+,32-11+;. The van der Waals surface area contributed by atoms with Crippen molar-refractivity contribution in [3.63, 3.8) is 0 Å². The van der Waals surface area contributed by atoms with Gasteiger partial charge in [0.05, 0.1) is 28.4 Å². The Morgan fingerprint density at radius 3 is 2.11 bits per heavy atom. The van der Waals surface area contributed by atoms with Crippen molar-refractivity contribution >= 4 is 17.3 Å². The molecule has 1 heterocycles. The number of allylic oxidation sites excluding steroid dienone is 3. The third-order valence-corrected chi connectivity index (χ3v) is 10.7. The maximum absolute atomic E-state index is 14.7. The number of nitrogens with zero attached hydrogens (tertiary/aromatic N) is 2. The fraction of sp³-hybridized carbons (Fsp3) is 0.347. The molecule has 0 spiro atoms. The molecule has 57 heavy (non-hydrogen) atoms.